The number of hydrogen-bond donors (Lipinski definition) is 3. The molecule has 12 heteroatoms. The zero-order valence-electron chi connectivity index (χ0n) is 34.9. The Kier molecular flexibility index (Phi) is 17.9. The van der Waals surface area contributed by atoms with E-state index in [1.54, 1.807) is 39.2 Å². The maximum Gasteiger partial charge on any atom is 0.329 e. The van der Waals surface area contributed by atoms with Crippen molar-refractivity contribution >= 4 is 35.1 Å². The van der Waals surface area contributed by atoms with Gasteiger partial charge in [-0.2, -0.15) is 0 Å². The molecule has 0 aliphatic rings. The van der Waals surface area contributed by atoms with Gasteiger partial charge < -0.3 is 25.2 Å². The van der Waals surface area contributed by atoms with Crippen LogP contribution in [0, 0.1) is 0 Å². The first-order valence-electron chi connectivity index (χ1n) is 19.8. The number of nitrogens with one attached hydrogen (secondary N) is 2. The van der Waals surface area contributed by atoms with E-state index in [0.29, 0.717) is 22.9 Å². The third-order valence-electron chi connectivity index (χ3n) is 8.59. The lowest BCUT2D eigenvalue weighted by Crippen LogP contribution is -2.53. The van der Waals surface area contributed by atoms with Crippen molar-refractivity contribution in [1.29, 1.82) is 0 Å². The van der Waals surface area contributed by atoms with Crippen LogP contribution >= 0.6 is 11.3 Å². The van der Waals surface area contributed by atoms with Crippen molar-refractivity contribution in [3.05, 3.63) is 88.4 Å². The van der Waals surface area contributed by atoms with E-state index in [0.717, 1.165) is 33.7 Å². The summed E-state index contributed by atoms with van der Waals surface area (Å²) in [5.41, 5.74) is 2.22. The van der Waals surface area contributed by atoms with Gasteiger partial charge in [-0.05, 0) is 68.0 Å². The number of amides is 2. The molecule has 2 aromatic heterocycles. The number of carbonyl (C=O) groups is 4. The first-order chi connectivity index (χ1) is 27.0. The predicted octanol–water partition coefficient (Wildman–Crippen LogP) is 9.19. The van der Waals surface area contributed by atoms with Gasteiger partial charge in [0.2, 0.25) is 5.91 Å². The Hall–Kier alpha value is -5.10. The number of ether oxygens (including phenoxy) is 2. The van der Waals surface area contributed by atoms with Crippen molar-refractivity contribution in [2.24, 2.45) is 0 Å². The summed E-state index contributed by atoms with van der Waals surface area (Å²) in [4.78, 5) is 62.3. The lowest BCUT2D eigenvalue weighted by molar-refractivity contribution is -0.161. The van der Waals surface area contributed by atoms with Crippen LogP contribution in [-0.4, -0.2) is 63.1 Å². The summed E-state index contributed by atoms with van der Waals surface area (Å²) < 4.78 is 11.3. The molecule has 0 spiro atoms. The first kappa shape index (κ1) is 46.3. The number of benzene rings is 2. The quantitative estimate of drug-likeness (QED) is 0.0660. The van der Waals surface area contributed by atoms with Crippen molar-refractivity contribution in [2.75, 3.05) is 6.61 Å². The van der Waals surface area contributed by atoms with Crippen LogP contribution in [0.25, 0.3) is 22.5 Å². The standard InChI is InChI=1S/C43H54N4O7S.C2H6/c1-8-9-10-11-12-23-53-32-19-17-29(18-20-32)31-26-44-38(45-27-31)30-15-13-28(14-16-30)24-33(46-40(51)35-21-22-36(55-35)42(2,3)4)39(50)47-34(25-37(48)49)41(52)54-43(5,6)7;1-2/h13-22,26-27,33-34H,8-12,23-25H2,1-7H3,(H,46,51)(H,47,50)(H,48,49);1-2H3. The van der Waals surface area contributed by atoms with E-state index in [4.69, 9.17) is 9.47 Å². The molecule has 4 aromatic rings. The second-order valence-corrected chi connectivity index (χ2v) is 16.7. The summed E-state index contributed by atoms with van der Waals surface area (Å²) in [7, 11) is 0. The molecule has 57 heavy (non-hydrogen) atoms. The summed E-state index contributed by atoms with van der Waals surface area (Å²) in [5, 5.41) is 14.8. The highest BCUT2D eigenvalue weighted by Crippen LogP contribution is 2.30. The molecule has 0 fully saturated rings. The Labute approximate surface area is 342 Å². The van der Waals surface area contributed by atoms with Gasteiger partial charge in [0, 0.05) is 34.8 Å². The van der Waals surface area contributed by atoms with E-state index in [2.05, 4.69) is 27.5 Å². The Balaban J connectivity index is 0.00000428. The average Bonchev–Trinajstić information content (AvgIpc) is 3.68. The third kappa shape index (κ3) is 15.4. The van der Waals surface area contributed by atoms with E-state index >= 15 is 0 Å². The maximum atomic E-state index is 13.7. The molecule has 0 radical (unpaired) electrons. The minimum absolute atomic E-state index is 0.0574. The largest absolute Gasteiger partial charge is 0.494 e. The number of unbranched alkanes of at least 4 members (excludes halogenated alkanes) is 4. The van der Waals surface area contributed by atoms with Crippen LogP contribution in [0.4, 0.5) is 0 Å². The van der Waals surface area contributed by atoms with Gasteiger partial charge in [-0.3, -0.25) is 14.4 Å². The number of hydrogen-bond acceptors (Lipinski definition) is 9. The molecule has 0 aliphatic heterocycles. The van der Waals surface area contributed by atoms with E-state index < -0.39 is 47.9 Å². The normalized spacial score (nSPS) is 12.4. The summed E-state index contributed by atoms with van der Waals surface area (Å²) in [6.07, 6.45) is 8.85. The number of carboxylic acid groups (broad SMARTS) is 1. The Bertz CT molecular complexity index is 1880. The molecule has 3 N–H and O–H groups in total. The lowest BCUT2D eigenvalue weighted by Gasteiger charge is -2.25. The van der Waals surface area contributed by atoms with Gasteiger partial charge in [0.25, 0.3) is 5.91 Å². The minimum atomic E-state index is -1.46. The third-order valence-corrected chi connectivity index (χ3v) is 10.1. The SMILES string of the molecule is CC.CCCCCCCOc1ccc(-c2cnc(-c3ccc(CC(NC(=O)c4ccc(C(C)(C)C)s4)C(=O)NC(CC(=O)O)C(=O)OC(C)(C)C)cc3)nc2)cc1. The average molecular weight is 801 g/mol. The molecule has 4 rings (SSSR count). The van der Waals surface area contributed by atoms with Crippen LogP contribution in [0.1, 0.15) is 121 Å². The van der Waals surface area contributed by atoms with Crippen LogP contribution in [0.15, 0.2) is 73.1 Å². The molecule has 11 nitrogen and oxygen atoms in total. The number of rotatable bonds is 18. The molecule has 2 unspecified atom stereocenters. The highest BCUT2D eigenvalue weighted by molar-refractivity contribution is 7.14. The van der Waals surface area contributed by atoms with Crippen LogP contribution < -0.4 is 15.4 Å². The number of nitrogens with zero attached hydrogens (tertiary/aromatic N) is 2. The molecule has 0 bridgehead atoms. The number of carbonyl (C=O) groups excluding carboxylic acids is 3. The molecule has 308 valence electrons. The highest BCUT2D eigenvalue weighted by atomic mass is 32.1. The molecule has 0 saturated carbocycles. The molecule has 2 atom stereocenters. The van der Waals surface area contributed by atoms with E-state index in [9.17, 15) is 24.3 Å². The van der Waals surface area contributed by atoms with Gasteiger partial charge in [-0.15, -0.1) is 11.3 Å². The van der Waals surface area contributed by atoms with Gasteiger partial charge in [0.1, 0.15) is 23.4 Å². The van der Waals surface area contributed by atoms with Crippen LogP contribution in [-0.2, 0) is 31.0 Å². The zero-order chi connectivity index (χ0) is 42.2. The zero-order valence-corrected chi connectivity index (χ0v) is 35.8. The van der Waals surface area contributed by atoms with Crippen LogP contribution in [0.3, 0.4) is 0 Å². The first-order valence-corrected chi connectivity index (χ1v) is 20.6. The van der Waals surface area contributed by atoms with Gasteiger partial charge in [0.05, 0.1) is 17.9 Å². The molecule has 0 saturated heterocycles. The number of aliphatic carboxylic acids is 1. The monoisotopic (exact) mass is 800 g/mol. The number of esters is 1. The van der Waals surface area contributed by atoms with Crippen molar-refractivity contribution in [3.8, 4) is 28.3 Å². The fourth-order valence-electron chi connectivity index (χ4n) is 5.61. The summed E-state index contributed by atoms with van der Waals surface area (Å²) in [6.45, 7) is 18.0. The van der Waals surface area contributed by atoms with Gasteiger partial charge in [-0.1, -0.05) is 104 Å². The molecule has 2 amide bonds. The Morgan fingerprint density at radius 2 is 1.37 bits per heavy atom. The predicted molar refractivity (Wildman–Crippen MR) is 227 cm³/mol. The van der Waals surface area contributed by atoms with Gasteiger partial charge >= 0.3 is 11.9 Å². The number of thiophene rings is 1. The summed E-state index contributed by atoms with van der Waals surface area (Å²) in [6, 6.07) is 16.2. The Morgan fingerprint density at radius 3 is 1.93 bits per heavy atom. The Morgan fingerprint density at radius 1 is 0.754 bits per heavy atom. The summed E-state index contributed by atoms with van der Waals surface area (Å²) in [5.74, 6) is -2.00. The molecule has 2 aromatic carbocycles. The van der Waals surface area contributed by atoms with Crippen molar-refractivity contribution < 1.29 is 33.8 Å². The van der Waals surface area contributed by atoms with Crippen LogP contribution in [0.2, 0.25) is 0 Å². The van der Waals surface area contributed by atoms with Crippen molar-refractivity contribution in [2.45, 2.75) is 130 Å². The van der Waals surface area contributed by atoms with Gasteiger partial charge in [-0.25, -0.2) is 14.8 Å². The van der Waals surface area contributed by atoms with Crippen molar-refractivity contribution in [1.82, 2.24) is 20.6 Å². The molecule has 2 heterocycles. The van der Waals surface area contributed by atoms with Crippen LogP contribution in [0.5, 0.6) is 5.75 Å². The fraction of sp³-hybridized carbons (Fsp3) is 0.467. The summed E-state index contributed by atoms with van der Waals surface area (Å²) >= 11 is 1.33. The van der Waals surface area contributed by atoms with Gasteiger partial charge in [0.15, 0.2) is 5.82 Å². The van der Waals surface area contributed by atoms with E-state index in [1.165, 1.54) is 37.0 Å². The van der Waals surface area contributed by atoms with E-state index in [-0.39, 0.29) is 11.8 Å². The fourth-order valence-corrected chi connectivity index (χ4v) is 6.57. The second-order valence-electron chi connectivity index (χ2n) is 15.6. The maximum absolute atomic E-state index is 13.7. The lowest BCUT2D eigenvalue weighted by atomic mass is 9.95. The number of aromatic nitrogens is 2. The van der Waals surface area contributed by atoms with E-state index in [1.807, 2.05) is 89.2 Å². The minimum Gasteiger partial charge on any atom is -0.494 e. The topological polar surface area (TPSA) is 157 Å². The smallest absolute Gasteiger partial charge is 0.329 e. The van der Waals surface area contributed by atoms with Crippen molar-refractivity contribution in [3.63, 3.8) is 0 Å². The highest BCUT2D eigenvalue weighted by Gasteiger charge is 2.32. The number of carboxylic acids is 1. The molecule has 0 aliphatic carbocycles. The molecular weight excluding hydrogens is 741 g/mol. The second kappa shape index (κ2) is 22.0. The molecular formula is C45H60N4O7S.